The maximum Gasteiger partial charge on any atom is 0.341 e. The SMILES string of the molecule is CCOC(=O)c1c(C)[nH]c(C)c1S(=O)(=O)NCC(=O)N1CCn2c1nc1ccccc12. The van der Waals surface area contributed by atoms with Crippen LogP contribution in [0.25, 0.3) is 11.0 Å². The van der Waals surface area contributed by atoms with Gasteiger partial charge in [-0.3, -0.25) is 9.69 Å². The standard InChI is InChI=1S/C20H23N5O5S/c1-4-30-19(27)17-12(2)22-13(3)18(17)31(28,29)21-11-16(26)25-10-9-24-15-8-6-5-7-14(15)23-20(24)25/h5-8,21-22H,4,9-11H2,1-3H3. The lowest BCUT2D eigenvalue weighted by molar-refractivity contribution is -0.117. The number of H-pyrrole nitrogens is 1. The van der Waals surface area contributed by atoms with Gasteiger partial charge in [0, 0.05) is 24.5 Å². The third-order valence-electron chi connectivity index (χ3n) is 5.20. The second-order valence-electron chi connectivity index (χ2n) is 7.22. The maximum atomic E-state index is 13.0. The van der Waals surface area contributed by atoms with Gasteiger partial charge < -0.3 is 14.3 Å². The van der Waals surface area contributed by atoms with Gasteiger partial charge in [0.1, 0.15) is 10.5 Å². The van der Waals surface area contributed by atoms with Crippen LogP contribution in [0.4, 0.5) is 5.95 Å². The van der Waals surface area contributed by atoms with Gasteiger partial charge in [-0.05, 0) is 32.9 Å². The Bertz CT molecular complexity index is 1290. The highest BCUT2D eigenvalue weighted by molar-refractivity contribution is 7.89. The average molecular weight is 446 g/mol. The Morgan fingerprint density at radius 2 is 1.94 bits per heavy atom. The largest absolute Gasteiger partial charge is 0.462 e. The molecule has 1 amide bonds. The molecule has 1 aliphatic heterocycles. The first-order chi connectivity index (χ1) is 14.7. The number of carbonyl (C=O) groups is 2. The summed E-state index contributed by atoms with van der Waals surface area (Å²) in [7, 11) is -4.15. The van der Waals surface area contributed by atoms with Crippen LogP contribution in [0, 0.1) is 13.8 Å². The Hall–Kier alpha value is -3.18. The first-order valence-electron chi connectivity index (χ1n) is 9.86. The highest BCUT2D eigenvalue weighted by Crippen LogP contribution is 2.27. The number of carbonyl (C=O) groups excluding carboxylic acids is 2. The minimum Gasteiger partial charge on any atom is -0.462 e. The van der Waals surface area contributed by atoms with Crippen molar-refractivity contribution in [1.29, 1.82) is 0 Å². The molecule has 164 valence electrons. The molecule has 0 aliphatic carbocycles. The van der Waals surface area contributed by atoms with Crippen LogP contribution in [0.5, 0.6) is 0 Å². The lowest BCUT2D eigenvalue weighted by Gasteiger charge is -2.15. The number of fused-ring (bicyclic) bond motifs is 3. The second-order valence-corrected chi connectivity index (χ2v) is 8.93. The van der Waals surface area contributed by atoms with E-state index in [1.165, 1.54) is 4.90 Å². The molecule has 0 fully saturated rings. The van der Waals surface area contributed by atoms with Gasteiger partial charge in [-0.2, -0.15) is 0 Å². The van der Waals surface area contributed by atoms with E-state index < -0.39 is 28.4 Å². The molecule has 0 saturated heterocycles. The molecule has 2 aromatic heterocycles. The van der Waals surface area contributed by atoms with Crippen molar-refractivity contribution in [2.24, 2.45) is 0 Å². The summed E-state index contributed by atoms with van der Waals surface area (Å²) in [5.74, 6) is -0.671. The number of amides is 1. The van der Waals surface area contributed by atoms with Crippen LogP contribution in [0.2, 0.25) is 0 Å². The van der Waals surface area contributed by atoms with E-state index in [2.05, 4.69) is 14.7 Å². The molecule has 1 aliphatic rings. The van der Waals surface area contributed by atoms with Crippen molar-refractivity contribution >= 4 is 38.9 Å². The summed E-state index contributed by atoms with van der Waals surface area (Å²) in [4.78, 5) is 33.7. The van der Waals surface area contributed by atoms with Gasteiger partial charge in [0.15, 0.2) is 0 Å². The normalized spacial score (nSPS) is 13.6. The number of imidazole rings is 1. The van der Waals surface area contributed by atoms with E-state index in [-0.39, 0.29) is 17.1 Å². The van der Waals surface area contributed by atoms with Crippen LogP contribution < -0.4 is 9.62 Å². The van der Waals surface area contributed by atoms with Gasteiger partial charge in [-0.1, -0.05) is 12.1 Å². The smallest absolute Gasteiger partial charge is 0.341 e. The molecule has 0 atom stereocenters. The van der Waals surface area contributed by atoms with Gasteiger partial charge in [-0.15, -0.1) is 0 Å². The van der Waals surface area contributed by atoms with Crippen LogP contribution in [0.3, 0.4) is 0 Å². The van der Waals surface area contributed by atoms with E-state index >= 15 is 0 Å². The molecule has 0 spiro atoms. The van der Waals surface area contributed by atoms with Crippen LogP contribution in [-0.2, 0) is 26.1 Å². The van der Waals surface area contributed by atoms with Crippen LogP contribution in [-0.4, -0.2) is 54.5 Å². The van der Waals surface area contributed by atoms with E-state index in [1.54, 1.807) is 20.8 Å². The minimum absolute atomic E-state index is 0.0535. The maximum absolute atomic E-state index is 13.0. The molecule has 0 saturated carbocycles. The predicted molar refractivity (Wildman–Crippen MR) is 113 cm³/mol. The van der Waals surface area contributed by atoms with Gasteiger partial charge in [-0.25, -0.2) is 22.9 Å². The summed E-state index contributed by atoms with van der Waals surface area (Å²) in [6.07, 6.45) is 0. The highest BCUT2D eigenvalue weighted by atomic mass is 32.2. The summed E-state index contributed by atoms with van der Waals surface area (Å²) in [6.45, 7) is 5.43. The lowest BCUT2D eigenvalue weighted by Crippen LogP contribution is -2.40. The fourth-order valence-electron chi connectivity index (χ4n) is 3.89. The number of ether oxygens (including phenoxy) is 1. The molecule has 0 unspecified atom stereocenters. The Morgan fingerprint density at radius 1 is 1.19 bits per heavy atom. The molecule has 31 heavy (non-hydrogen) atoms. The molecule has 2 N–H and O–H groups in total. The number of aryl methyl sites for hydroxylation is 2. The van der Waals surface area contributed by atoms with Crippen molar-refractivity contribution < 1.29 is 22.7 Å². The van der Waals surface area contributed by atoms with E-state index in [9.17, 15) is 18.0 Å². The molecule has 0 bridgehead atoms. The first-order valence-corrected chi connectivity index (χ1v) is 11.3. The number of anilines is 1. The number of para-hydroxylation sites is 2. The summed E-state index contributed by atoms with van der Waals surface area (Å²) in [6, 6.07) is 7.56. The summed E-state index contributed by atoms with van der Waals surface area (Å²) in [5.41, 5.74) is 2.32. The third kappa shape index (κ3) is 3.59. The molecule has 11 heteroatoms. The third-order valence-corrected chi connectivity index (χ3v) is 6.78. The number of benzene rings is 1. The van der Waals surface area contributed by atoms with Crippen molar-refractivity contribution in [2.45, 2.75) is 32.2 Å². The number of nitrogens with one attached hydrogen (secondary N) is 2. The highest BCUT2D eigenvalue weighted by Gasteiger charge is 2.32. The summed E-state index contributed by atoms with van der Waals surface area (Å²) >= 11 is 0. The van der Waals surface area contributed by atoms with E-state index in [0.717, 1.165) is 11.0 Å². The number of esters is 1. The number of hydrogen-bond donors (Lipinski definition) is 2. The van der Waals surface area contributed by atoms with Gasteiger partial charge in [0.25, 0.3) is 0 Å². The van der Waals surface area contributed by atoms with Crippen LogP contribution in [0.15, 0.2) is 29.2 Å². The molecule has 3 heterocycles. The van der Waals surface area contributed by atoms with E-state index in [4.69, 9.17) is 4.74 Å². The Balaban J connectivity index is 1.55. The van der Waals surface area contributed by atoms with Crippen molar-refractivity contribution in [3.05, 3.63) is 41.2 Å². The number of hydrogen-bond acceptors (Lipinski definition) is 6. The fourth-order valence-corrected chi connectivity index (χ4v) is 5.31. The van der Waals surface area contributed by atoms with Gasteiger partial charge >= 0.3 is 5.97 Å². The first kappa shape index (κ1) is 21.1. The molecule has 4 rings (SSSR count). The monoisotopic (exact) mass is 445 g/mol. The Kier molecular flexibility index (Phi) is 5.31. The van der Waals surface area contributed by atoms with Crippen molar-refractivity contribution in [1.82, 2.24) is 19.3 Å². The topological polar surface area (TPSA) is 126 Å². The average Bonchev–Trinajstić information content (AvgIpc) is 3.37. The quantitative estimate of drug-likeness (QED) is 0.554. The molecule has 0 radical (unpaired) electrons. The summed E-state index contributed by atoms with van der Waals surface area (Å²) < 4.78 is 35.2. The van der Waals surface area contributed by atoms with E-state index in [1.807, 2.05) is 28.8 Å². The van der Waals surface area contributed by atoms with Crippen LogP contribution in [0.1, 0.15) is 28.7 Å². The van der Waals surface area contributed by atoms with Crippen molar-refractivity contribution in [2.75, 3.05) is 24.6 Å². The molecule has 3 aromatic rings. The summed E-state index contributed by atoms with van der Waals surface area (Å²) in [5, 5.41) is 0. The Morgan fingerprint density at radius 3 is 2.68 bits per heavy atom. The number of nitrogens with zero attached hydrogens (tertiary/aromatic N) is 3. The van der Waals surface area contributed by atoms with Gasteiger partial charge in [0.05, 0.1) is 24.2 Å². The zero-order valence-corrected chi connectivity index (χ0v) is 18.2. The number of rotatable bonds is 6. The van der Waals surface area contributed by atoms with Crippen molar-refractivity contribution in [3.8, 4) is 0 Å². The Labute approximate surface area is 179 Å². The number of sulfonamides is 1. The van der Waals surface area contributed by atoms with Gasteiger partial charge in [0.2, 0.25) is 21.9 Å². The molecular weight excluding hydrogens is 422 g/mol. The minimum atomic E-state index is -4.15. The molecule has 1 aromatic carbocycles. The lowest BCUT2D eigenvalue weighted by atomic mass is 10.2. The zero-order valence-electron chi connectivity index (χ0n) is 17.4. The second kappa shape index (κ2) is 7.82. The zero-order chi connectivity index (χ0) is 22.3. The number of aromatic nitrogens is 3. The van der Waals surface area contributed by atoms with E-state index in [0.29, 0.717) is 30.4 Å². The fraction of sp³-hybridized carbons (Fsp3) is 0.350. The van der Waals surface area contributed by atoms with Crippen LogP contribution >= 0.6 is 0 Å². The molecule has 10 nitrogen and oxygen atoms in total. The molecular formula is C20H23N5O5S. The number of aromatic amines is 1. The predicted octanol–water partition coefficient (Wildman–Crippen LogP) is 1.48. The van der Waals surface area contributed by atoms with Crippen molar-refractivity contribution in [3.63, 3.8) is 0 Å².